The molecule has 1 N–H and O–H groups in total. The molecule has 1 aromatic heterocycles. The van der Waals surface area contributed by atoms with Gasteiger partial charge in [-0.05, 0) is 38.5 Å². The van der Waals surface area contributed by atoms with E-state index in [9.17, 15) is 14.4 Å². The summed E-state index contributed by atoms with van der Waals surface area (Å²) < 4.78 is 0. The van der Waals surface area contributed by atoms with Crippen molar-refractivity contribution in [2.24, 2.45) is 5.92 Å². The molecule has 4 rings (SSSR count). The van der Waals surface area contributed by atoms with Crippen LogP contribution < -0.4 is 5.56 Å². The summed E-state index contributed by atoms with van der Waals surface area (Å²) in [7, 11) is 0. The van der Waals surface area contributed by atoms with Crippen LogP contribution in [0.1, 0.15) is 68.6 Å². The number of hydrogen-bond donors (Lipinski definition) is 1. The predicted molar refractivity (Wildman–Crippen MR) is 95.3 cm³/mol. The maximum atomic E-state index is 12.6. The van der Waals surface area contributed by atoms with Crippen LogP contribution in [0.2, 0.25) is 0 Å². The number of aromatic amines is 1. The molecule has 0 unspecified atom stereocenters. The van der Waals surface area contributed by atoms with Gasteiger partial charge in [-0.2, -0.15) is 0 Å². The van der Waals surface area contributed by atoms with Crippen molar-refractivity contribution in [3.05, 3.63) is 27.4 Å². The average molecular weight is 358 g/mol. The zero-order chi connectivity index (χ0) is 18.3. The van der Waals surface area contributed by atoms with Crippen LogP contribution in [0.25, 0.3) is 0 Å². The summed E-state index contributed by atoms with van der Waals surface area (Å²) in [6, 6.07) is -0.163. The lowest BCUT2D eigenvalue weighted by molar-refractivity contribution is -0.135. The summed E-state index contributed by atoms with van der Waals surface area (Å²) in [5, 5.41) is 0. The number of piperidine rings is 1. The Morgan fingerprint density at radius 2 is 2.00 bits per heavy atom. The van der Waals surface area contributed by atoms with Gasteiger partial charge < -0.3 is 14.8 Å². The minimum absolute atomic E-state index is 0.0978. The third-order valence-corrected chi connectivity index (χ3v) is 5.77. The minimum atomic E-state index is -0.163. The summed E-state index contributed by atoms with van der Waals surface area (Å²) in [5.41, 5.74) is 1.29. The van der Waals surface area contributed by atoms with Crippen LogP contribution in [0, 0.1) is 5.92 Å². The van der Waals surface area contributed by atoms with Crippen LogP contribution in [-0.4, -0.2) is 44.7 Å². The molecule has 1 aliphatic carbocycles. The van der Waals surface area contributed by atoms with E-state index >= 15 is 0 Å². The van der Waals surface area contributed by atoms with Gasteiger partial charge in [-0.1, -0.05) is 6.92 Å². The monoisotopic (exact) mass is 358 g/mol. The van der Waals surface area contributed by atoms with E-state index in [1.165, 1.54) is 0 Å². The molecule has 3 heterocycles. The second kappa shape index (κ2) is 6.85. The molecule has 1 saturated carbocycles. The van der Waals surface area contributed by atoms with E-state index in [1.807, 2.05) is 16.7 Å². The zero-order valence-electron chi connectivity index (χ0n) is 15.3. The van der Waals surface area contributed by atoms with Crippen LogP contribution in [0.5, 0.6) is 0 Å². The van der Waals surface area contributed by atoms with E-state index in [4.69, 9.17) is 4.98 Å². The first-order valence-electron chi connectivity index (χ1n) is 9.78. The quantitative estimate of drug-likeness (QED) is 0.888. The molecule has 2 amide bonds. The van der Waals surface area contributed by atoms with E-state index in [2.05, 4.69) is 4.98 Å². The van der Waals surface area contributed by atoms with Crippen LogP contribution in [0.15, 0.2) is 4.79 Å². The van der Waals surface area contributed by atoms with Crippen LogP contribution >= 0.6 is 0 Å². The Hall–Kier alpha value is -2.18. The molecular weight excluding hydrogens is 332 g/mol. The number of likely N-dealkylation sites (tertiary alicyclic amines) is 1. The molecule has 7 nitrogen and oxygen atoms in total. The second-order valence-electron chi connectivity index (χ2n) is 7.61. The van der Waals surface area contributed by atoms with Gasteiger partial charge in [0.05, 0.1) is 18.3 Å². The molecule has 2 fully saturated rings. The van der Waals surface area contributed by atoms with Gasteiger partial charge in [0.25, 0.3) is 5.56 Å². The highest BCUT2D eigenvalue weighted by molar-refractivity contribution is 5.81. The van der Waals surface area contributed by atoms with Crippen molar-refractivity contribution in [3.8, 4) is 0 Å². The summed E-state index contributed by atoms with van der Waals surface area (Å²) >= 11 is 0. The van der Waals surface area contributed by atoms with Crippen LogP contribution in [-0.2, 0) is 22.6 Å². The molecule has 0 spiro atoms. The minimum Gasteiger partial charge on any atom is -0.336 e. The van der Waals surface area contributed by atoms with E-state index < -0.39 is 0 Å². The summed E-state index contributed by atoms with van der Waals surface area (Å²) in [4.78, 5) is 48.6. The first-order chi connectivity index (χ1) is 12.6. The van der Waals surface area contributed by atoms with Crippen molar-refractivity contribution in [2.75, 3.05) is 13.1 Å². The fourth-order valence-electron chi connectivity index (χ4n) is 4.11. The number of nitrogens with one attached hydrogen (secondary N) is 1. The molecule has 1 aromatic rings. The van der Waals surface area contributed by atoms with Gasteiger partial charge in [0, 0.05) is 31.0 Å². The topological polar surface area (TPSA) is 86.4 Å². The fourth-order valence-corrected chi connectivity index (χ4v) is 4.11. The second-order valence-corrected chi connectivity index (χ2v) is 7.61. The zero-order valence-corrected chi connectivity index (χ0v) is 15.3. The highest BCUT2D eigenvalue weighted by atomic mass is 16.2. The van der Waals surface area contributed by atoms with E-state index in [-0.39, 0.29) is 29.3 Å². The number of H-pyrrole nitrogens is 1. The first-order valence-corrected chi connectivity index (χ1v) is 9.78. The summed E-state index contributed by atoms with van der Waals surface area (Å²) in [5.74, 6) is 1.05. The Bertz CT molecular complexity index is 783. The molecule has 7 heteroatoms. The Morgan fingerprint density at radius 3 is 2.73 bits per heavy atom. The smallest absolute Gasteiger partial charge is 0.254 e. The molecule has 26 heavy (non-hydrogen) atoms. The number of carbonyl (C=O) groups excluding carboxylic acids is 2. The van der Waals surface area contributed by atoms with Crippen LogP contribution in [0.4, 0.5) is 0 Å². The van der Waals surface area contributed by atoms with Crippen LogP contribution in [0.3, 0.4) is 0 Å². The Kier molecular flexibility index (Phi) is 4.54. The van der Waals surface area contributed by atoms with Gasteiger partial charge in [0.2, 0.25) is 11.8 Å². The average Bonchev–Trinajstić information content (AvgIpc) is 3.51. The fraction of sp³-hybridized carbons (Fsp3) is 0.684. The number of amides is 2. The number of fused-ring (bicyclic) bond motifs is 1. The lowest BCUT2D eigenvalue weighted by atomic mass is 9.99. The van der Waals surface area contributed by atoms with Gasteiger partial charge in [-0.25, -0.2) is 4.98 Å². The van der Waals surface area contributed by atoms with Gasteiger partial charge in [-0.15, -0.1) is 0 Å². The molecule has 3 aliphatic rings. The van der Waals surface area contributed by atoms with Crippen molar-refractivity contribution >= 4 is 11.8 Å². The number of rotatable bonds is 3. The SMILES string of the molecule is CCC(=O)N1CCCC[C@H]1c1nc2c(c(=O)[nH]1)CCN(C(=O)C1CC1)C2. The highest BCUT2D eigenvalue weighted by Gasteiger charge is 2.36. The first kappa shape index (κ1) is 17.2. The number of nitrogens with zero attached hydrogens (tertiary/aromatic N) is 3. The lowest BCUT2D eigenvalue weighted by Crippen LogP contribution is -2.42. The standard InChI is InChI=1S/C19H26N4O3/c1-2-16(24)23-9-4-3-5-15(23)17-20-14-11-22(19(26)12-6-7-12)10-8-13(14)18(25)21-17/h12,15H,2-11H2,1H3,(H,20,21,25)/t15-/m0/s1. The summed E-state index contributed by atoms with van der Waals surface area (Å²) in [6.45, 7) is 3.58. The Labute approximate surface area is 152 Å². The van der Waals surface area contributed by atoms with E-state index in [1.54, 1.807) is 0 Å². The number of carbonyl (C=O) groups is 2. The van der Waals surface area contributed by atoms with Gasteiger partial charge >= 0.3 is 0 Å². The van der Waals surface area contributed by atoms with Crippen molar-refractivity contribution in [2.45, 2.75) is 64.5 Å². The molecule has 0 aromatic carbocycles. The van der Waals surface area contributed by atoms with Crippen molar-refractivity contribution < 1.29 is 9.59 Å². The summed E-state index contributed by atoms with van der Waals surface area (Å²) in [6.07, 6.45) is 5.79. The van der Waals surface area contributed by atoms with E-state index in [0.29, 0.717) is 49.6 Å². The lowest BCUT2D eigenvalue weighted by Gasteiger charge is -2.35. The normalized spacial score (nSPS) is 22.9. The largest absolute Gasteiger partial charge is 0.336 e. The Balaban J connectivity index is 1.63. The van der Waals surface area contributed by atoms with E-state index in [0.717, 1.165) is 32.1 Å². The third-order valence-electron chi connectivity index (χ3n) is 5.77. The molecule has 0 bridgehead atoms. The molecule has 2 aliphatic heterocycles. The highest BCUT2D eigenvalue weighted by Crippen LogP contribution is 2.33. The van der Waals surface area contributed by atoms with Gasteiger partial charge in [-0.3, -0.25) is 14.4 Å². The maximum absolute atomic E-state index is 12.6. The van der Waals surface area contributed by atoms with Crippen molar-refractivity contribution in [1.82, 2.24) is 19.8 Å². The third kappa shape index (κ3) is 3.15. The van der Waals surface area contributed by atoms with Gasteiger partial charge in [0.1, 0.15) is 5.82 Å². The predicted octanol–water partition coefficient (Wildman–Crippen LogP) is 1.53. The van der Waals surface area contributed by atoms with Gasteiger partial charge in [0.15, 0.2) is 0 Å². The van der Waals surface area contributed by atoms with Crippen molar-refractivity contribution in [1.29, 1.82) is 0 Å². The molecule has 1 atom stereocenters. The molecule has 140 valence electrons. The maximum Gasteiger partial charge on any atom is 0.254 e. The number of aromatic nitrogens is 2. The van der Waals surface area contributed by atoms with Crippen molar-refractivity contribution in [3.63, 3.8) is 0 Å². The Morgan fingerprint density at radius 1 is 1.19 bits per heavy atom. The molecular formula is C19H26N4O3. The number of hydrogen-bond acceptors (Lipinski definition) is 4. The molecule has 1 saturated heterocycles. The molecule has 0 radical (unpaired) electrons.